The monoisotopic (exact) mass is 255 g/mol. The molecule has 3 N–H and O–H groups in total. The second-order valence-corrected chi connectivity index (χ2v) is 4.37. The number of amidine groups is 1. The molecule has 4 nitrogen and oxygen atoms in total. The van der Waals surface area contributed by atoms with E-state index in [4.69, 9.17) is 22.5 Å². The fourth-order valence-electron chi connectivity index (χ4n) is 1.68. The zero-order valence-corrected chi connectivity index (χ0v) is 10.7. The van der Waals surface area contributed by atoms with Gasteiger partial charge in [0.05, 0.1) is 6.54 Å². The highest BCUT2D eigenvalue weighted by Crippen LogP contribution is 2.12. The second kappa shape index (κ2) is 7.14. The number of oxime groups is 1. The molecule has 5 heteroatoms. The van der Waals surface area contributed by atoms with Crippen LogP contribution < -0.4 is 5.73 Å². The number of benzene rings is 1. The van der Waals surface area contributed by atoms with Crippen molar-refractivity contribution >= 4 is 17.4 Å². The van der Waals surface area contributed by atoms with E-state index in [1.165, 1.54) is 0 Å². The van der Waals surface area contributed by atoms with Gasteiger partial charge in [-0.1, -0.05) is 35.8 Å². The van der Waals surface area contributed by atoms with Crippen LogP contribution in [0, 0.1) is 0 Å². The summed E-state index contributed by atoms with van der Waals surface area (Å²) in [5.41, 5.74) is 6.64. The van der Waals surface area contributed by atoms with E-state index in [2.05, 4.69) is 17.0 Å². The van der Waals surface area contributed by atoms with Gasteiger partial charge in [0.2, 0.25) is 0 Å². The Balaban J connectivity index is 2.66. The van der Waals surface area contributed by atoms with Gasteiger partial charge in [-0.3, -0.25) is 4.90 Å². The first kappa shape index (κ1) is 13.8. The van der Waals surface area contributed by atoms with Gasteiger partial charge in [-0.25, -0.2) is 0 Å². The van der Waals surface area contributed by atoms with Gasteiger partial charge in [0.1, 0.15) is 0 Å². The maximum absolute atomic E-state index is 8.58. The Bertz CT molecular complexity index is 382. The van der Waals surface area contributed by atoms with E-state index in [1.807, 2.05) is 24.3 Å². The van der Waals surface area contributed by atoms with Crippen LogP contribution >= 0.6 is 11.6 Å². The third-order valence-corrected chi connectivity index (χ3v) is 2.58. The maximum Gasteiger partial charge on any atom is 0.153 e. The molecule has 1 aromatic rings. The number of nitrogens with zero attached hydrogens (tertiary/aromatic N) is 2. The van der Waals surface area contributed by atoms with Crippen LogP contribution in [-0.2, 0) is 6.54 Å². The van der Waals surface area contributed by atoms with Crippen molar-refractivity contribution in [2.75, 3.05) is 13.1 Å². The Morgan fingerprint density at radius 1 is 1.53 bits per heavy atom. The Morgan fingerprint density at radius 2 is 2.29 bits per heavy atom. The summed E-state index contributed by atoms with van der Waals surface area (Å²) in [7, 11) is 0. The first-order valence-electron chi connectivity index (χ1n) is 5.59. The predicted molar refractivity (Wildman–Crippen MR) is 70.4 cm³/mol. The second-order valence-electron chi connectivity index (χ2n) is 3.93. The minimum atomic E-state index is 0.223. The molecule has 0 amide bonds. The van der Waals surface area contributed by atoms with Crippen molar-refractivity contribution in [3.63, 3.8) is 0 Å². The molecule has 0 bridgehead atoms. The van der Waals surface area contributed by atoms with Crippen molar-refractivity contribution < 1.29 is 5.21 Å². The molecule has 0 heterocycles. The molecule has 0 radical (unpaired) electrons. The van der Waals surface area contributed by atoms with E-state index in [-0.39, 0.29) is 5.84 Å². The van der Waals surface area contributed by atoms with Gasteiger partial charge in [-0.05, 0) is 30.7 Å². The molecule has 94 valence electrons. The van der Waals surface area contributed by atoms with Crippen molar-refractivity contribution in [3.05, 3.63) is 34.9 Å². The van der Waals surface area contributed by atoms with Crippen LogP contribution in [0.25, 0.3) is 0 Å². The highest BCUT2D eigenvalue weighted by Gasteiger charge is 2.07. The summed E-state index contributed by atoms with van der Waals surface area (Å²) in [6, 6.07) is 7.71. The standard InChI is InChI=1S/C12H18ClN3O/c1-2-6-16(9-12(14)15-17)8-10-4-3-5-11(13)7-10/h3-5,7,17H,2,6,8-9H2,1H3,(H2,14,15). The third-order valence-electron chi connectivity index (χ3n) is 2.35. The van der Waals surface area contributed by atoms with Gasteiger partial charge in [-0.2, -0.15) is 0 Å². The van der Waals surface area contributed by atoms with Gasteiger partial charge in [0, 0.05) is 11.6 Å². The lowest BCUT2D eigenvalue weighted by Gasteiger charge is -2.20. The van der Waals surface area contributed by atoms with Crippen molar-refractivity contribution in [3.8, 4) is 0 Å². The average Bonchev–Trinajstić information content (AvgIpc) is 2.29. The summed E-state index contributed by atoms with van der Waals surface area (Å²) < 4.78 is 0. The van der Waals surface area contributed by atoms with Crippen LogP contribution in [0.3, 0.4) is 0 Å². The minimum absolute atomic E-state index is 0.223. The smallest absolute Gasteiger partial charge is 0.153 e. The third kappa shape index (κ3) is 5.06. The number of rotatable bonds is 6. The van der Waals surface area contributed by atoms with Crippen LogP contribution in [0.2, 0.25) is 5.02 Å². The number of hydrogen-bond acceptors (Lipinski definition) is 3. The quantitative estimate of drug-likeness (QED) is 0.355. The molecule has 17 heavy (non-hydrogen) atoms. The first-order chi connectivity index (χ1) is 8.15. The normalized spacial score (nSPS) is 12.1. The highest BCUT2D eigenvalue weighted by molar-refractivity contribution is 6.30. The van der Waals surface area contributed by atoms with E-state index in [1.54, 1.807) is 0 Å². The van der Waals surface area contributed by atoms with Gasteiger partial charge in [0.25, 0.3) is 0 Å². The van der Waals surface area contributed by atoms with Gasteiger partial charge in [-0.15, -0.1) is 0 Å². The van der Waals surface area contributed by atoms with Crippen LogP contribution in [-0.4, -0.2) is 29.0 Å². The minimum Gasteiger partial charge on any atom is -0.409 e. The molecule has 0 saturated heterocycles. The Hall–Kier alpha value is -1.26. The van der Waals surface area contributed by atoms with E-state index < -0.39 is 0 Å². The van der Waals surface area contributed by atoms with E-state index in [0.29, 0.717) is 6.54 Å². The first-order valence-corrected chi connectivity index (χ1v) is 5.96. The summed E-state index contributed by atoms with van der Waals surface area (Å²) in [4.78, 5) is 2.11. The summed E-state index contributed by atoms with van der Waals surface area (Å²) in [6.45, 7) is 4.18. The van der Waals surface area contributed by atoms with Crippen molar-refractivity contribution in [1.82, 2.24) is 4.90 Å². The van der Waals surface area contributed by atoms with Crippen LogP contribution in [0.4, 0.5) is 0 Å². The molecule has 0 atom stereocenters. The van der Waals surface area contributed by atoms with E-state index in [0.717, 1.165) is 30.1 Å². The molecular weight excluding hydrogens is 238 g/mol. The van der Waals surface area contributed by atoms with Crippen LogP contribution in [0.5, 0.6) is 0 Å². The fourth-order valence-corrected chi connectivity index (χ4v) is 1.90. The van der Waals surface area contributed by atoms with Gasteiger partial charge in [0.15, 0.2) is 5.84 Å². The Labute approximate surface area is 107 Å². The van der Waals surface area contributed by atoms with Crippen molar-refractivity contribution in [1.29, 1.82) is 0 Å². The summed E-state index contributed by atoms with van der Waals surface area (Å²) >= 11 is 5.93. The summed E-state index contributed by atoms with van der Waals surface area (Å²) in [6.07, 6.45) is 1.01. The lowest BCUT2D eigenvalue weighted by Crippen LogP contribution is -2.34. The number of hydrogen-bond donors (Lipinski definition) is 2. The number of nitrogens with two attached hydrogens (primary N) is 1. The Morgan fingerprint density at radius 3 is 2.88 bits per heavy atom. The largest absolute Gasteiger partial charge is 0.409 e. The SMILES string of the molecule is CCCN(CC(N)=NO)Cc1cccc(Cl)c1. The summed E-state index contributed by atoms with van der Waals surface area (Å²) in [5, 5.41) is 12.3. The number of halogens is 1. The molecule has 1 aromatic carbocycles. The average molecular weight is 256 g/mol. The zero-order chi connectivity index (χ0) is 12.7. The molecule has 0 aliphatic rings. The van der Waals surface area contributed by atoms with E-state index >= 15 is 0 Å². The lowest BCUT2D eigenvalue weighted by atomic mass is 10.2. The Kier molecular flexibility index (Phi) is 5.80. The van der Waals surface area contributed by atoms with E-state index in [9.17, 15) is 0 Å². The molecule has 0 aliphatic heterocycles. The molecular formula is C12H18ClN3O. The molecule has 0 fully saturated rings. The molecule has 0 aromatic heterocycles. The molecule has 0 saturated carbocycles. The van der Waals surface area contributed by atoms with Gasteiger partial charge >= 0.3 is 0 Å². The van der Waals surface area contributed by atoms with Crippen molar-refractivity contribution in [2.45, 2.75) is 19.9 Å². The fraction of sp³-hybridized carbons (Fsp3) is 0.417. The lowest BCUT2D eigenvalue weighted by molar-refractivity contribution is 0.286. The molecule has 0 spiro atoms. The molecule has 1 rings (SSSR count). The van der Waals surface area contributed by atoms with Crippen LogP contribution in [0.15, 0.2) is 29.4 Å². The van der Waals surface area contributed by atoms with Crippen LogP contribution in [0.1, 0.15) is 18.9 Å². The van der Waals surface area contributed by atoms with Crippen molar-refractivity contribution in [2.24, 2.45) is 10.9 Å². The maximum atomic E-state index is 8.58. The predicted octanol–water partition coefficient (Wildman–Crippen LogP) is 2.30. The molecule has 0 unspecified atom stereocenters. The van der Waals surface area contributed by atoms with Gasteiger partial charge < -0.3 is 10.9 Å². The summed E-state index contributed by atoms with van der Waals surface area (Å²) in [5.74, 6) is 0.223. The zero-order valence-electron chi connectivity index (χ0n) is 9.93. The molecule has 0 aliphatic carbocycles. The highest BCUT2D eigenvalue weighted by atomic mass is 35.5. The topological polar surface area (TPSA) is 61.8 Å².